The first kappa shape index (κ1) is 16.2. The highest BCUT2D eigenvalue weighted by molar-refractivity contribution is 7.15. The molecular formula is C20H14FN3OS. The zero-order chi connectivity index (χ0) is 17.9. The number of aromatic nitrogens is 2. The van der Waals surface area contributed by atoms with Gasteiger partial charge in [-0.1, -0.05) is 24.3 Å². The van der Waals surface area contributed by atoms with Crippen LogP contribution in [0.4, 0.5) is 10.1 Å². The van der Waals surface area contributed by atoms with E-state index in [4.69, 9.17) is 0 Å². The van der Waals surface area contributed by atoms with E-state index in [0.29, 0.717) is 5.69 Å². The van der Waals surface area contributed by atoms with Gasteiger partial charge >= 0.3 is 0 Å². The molecule has 1 amide bonds. The van der Waals surface area contributed by atoms with Crippen molar-refractivity contribution in [2.24, 2.45) is 0 Å². The Kier molecular flexibility index (Phi) is 4.33. The third-order valence-electron chi connectivity index (χ3n) is 3.84. The predicted octanol–water partition coefficient (Wildman–Crippen LogP) is 4.85. The molecule has 2 aromatic carbocycles. The molecule has 0 aliphatic carbocycles. The molecule has 0 radical (unpaired) electrons. The van der Waals surface area contributed by atoms with E-state index in [2.05, 4.69) is 10.3 Å². The maximum Gasteiger partial charge on any atom is 0.248 e. The first-order valence-electron chi connectivity index (χ1n) is 7.95. The van der Waals surface area contributed by atoms with E-state index in [-0.39, 0.29) is 11.7 Å². The number of benzene rings is 2. The fraction of sp³-hybridized carbons (Fsp3) is 0. The average molecular weight is 363 g/mol. The van der Waals surface area contributed by atoms with E-state index in [9.17, 15) is 9.18 Å². The summed E-state index contributed by atoms with van der Waals surface area (Å²) in [5, 5.41) is 4.79. The molecule has 4 rings (SSSR count). The summed E-state index contributed by atoms with van der Waals surface area (Å²) >= 11 is 1.59. The largest absolute Gasteiger partial charge is 0.323 e. The molecule has 0 atom stereocenters. The molecule has 0 saturated carbocycles. The van der Waals surface area contributed by atoms with Crippen LogP contribution < -0.4 is 5.32 Å². The van der Waals surface area contributed by atoms with Crippen molar-refractivity contribution < 1.29 is 9.18 Å². The summed E-state index contributed by atoms with van der Waals surface area (Å²) in [5.41, 5.74) is 3.34. The third-order valence-corrected chi connectivity index (χ3v) is 4.61. The van der Waals surface area contributed by atoms with Crippen LogP contribution in [-0.2, 0) is 4.79 Å². The molecule has 4 aromatic rings. The van der Waals surface area contributed by atoms with E-state index in [1.807, 2.05) is 46.4 Å². The number of anilines is 1. The van der Waals surface area contributed by atoms with Crippen molar-refractivity contribution in [2.45, 2.75) is 0 Å². The Morgan fingerprint density at radius 1 is 1.12 bits per heavy atom. The number of fused-ring (bicyclic) bond motifs is 1. The summed E-state index contributed by atoms with van der Waals surface area (Å²) in [4.78, 5) is 17.5. The lowest BCUT2D eigenvalue weighted by Gasteiger charge is -2.03. The molecule has 0 aliphatic heterocycles. The van der Waals surface area contributed by atoms with Crippen LogP contribution in [0.3, 0.4) is 0 Å². The first-order valence-corrected chi connectivity index (χ1v) is 8.83. The van der Waals surface area contributed by atoms with Gasteiger partial charge in [0, 0.05) is 35.1 Å². The summed E-state index contributed by atoms with van der Waals surface area (Å²) in [6.07, 6.45) is 7.01. The van der Waals surface area contributed by atoms with Gasteiger partial charge in [0.1, 0.15) is 5.82 Å². The average Bonchev–Trinajstić information content (AvgIpc) is 3.24. The minimum atomic E-state index is -0.302. The number of carbonyl (C=O) groups is 1. The standard InChI is InChI=1S/C20H14FN3OS/c21-16-6-1-14(2-7-16)3-10-19(25)22-17-8-4-15(5-9-17)18-13-24-11-12-26-20(24)23-18/h1-13H,(H,22,25)/b10-3+. The maximum atomic E-state index is 12.9. The zero-order valence-corrected chi connectivity index (χ0v) is 14.4. The van der Waals surface area contributed by atoms with Gasteiger partial charge in [-0.2, -0.15) is 0 Å². The predicted molar refractivity (Wildman–Crippen MR) is 103 cm³/mol. The van der Waals surface area contributed by atoms with Crippen LogP contribution in [-0.4, -0.2) is 15.3 Å². The Bertz CT molecular complexity index is 1050. The molecule has 0 unspecified atom stereocenters. The Morgan fingerprint density at radius 3 is 2.62 bits per heavy atom. The number of thiazole rings is 1. The van der Waals surface area contributed by atoms with Crippen molar-refractivity contribution in [3.63, 3.8) is 0 Å². The van der Waals surface area contributed by atoms with Gasteiger partial charge in [0.05, 0.1) is 5.69 Å². The van der Waals surface area contributed by atoms with Crippen LogP contribution in [0.15, 0.2) is 72.4 Å². The van der Waals surface area contributed by atoms with Crippen LogP contribution in [0, 0.1) is 5.82 Å². The number of hydrogen-bond acceptors (Lipinski definition) is 3. The van der Waals surface area contributed by atoms with Crippen LogP contribution in [0.1, 0.15) is 5.56 Å². The minimum Gasteiger partial charge on any atom is -0.323 e. The SMILES string of the molecule is O=C(/C=C/c1ccc(F)cc1)Nc1ccc(-c2cn3ccsc3n2)cc1. The smallest absolute Gasteiger partial charge is 0.248 e. The van der Waals surface area contributed by atoms with Crippen molar-refractivity contribution in [1.82, 2.24) is 9.38 Å². The molecule has 4 nitrogen and oxygen atoms in total. The van der Waals surface area contributed by atoms with Crippen molar-refractivity contribution >= 4 is 34.0 Å². The van der Waals surface area contributed by atoms with E-state index in [0.717, 1.165) is 21.8 Å². The lowest BCUT2D eigenvalue weighted by atomic mass is 10.1. The molecule has 0 spiro atoms. The van der Waals surface area contributed by atoms with Crippen molar-refractivity contribution in [3.05, 3.63) is 83.8 Å². The molecule has 1 N–H and O–H groups in total. The summed E-state index contributed by atoms with van der Waals surface area (Å²) in [7, 11) is 0. The molecule has 2 heterocycles. The highest BCUT2D eigenvalue weighted by atomic mass is 32.1. The highest BCUT2D eigenvalue weighted by Gasteiger charge is 2.05. The van der Waals surface area contributed by atoms with Gasteiger partial charge in [-0.3, -0.25) is 9.20 Å². The van der Waals surface area contributed by atoms with Crippen molar-refractivity contribution in [3.8, 4) is 11.3 Å². The van der Waals surface area contributed by atoms with Crippen molar-refractivity contribution in [2.75, 3.05) is 5.32 Å². The summed E-state index contributed by atoms with van der Waals surface area (Å²) in [5.74, 6) is -0.547. The topological polar surface area (TPSA) is 46.4 Å². The van der Waals surface area contributed by atoms with Gasteiger partial charge in [0.15, 0.2) is 4.96 Å². The second-order valence-corrected chi connectivity index (χ2v) is 6.54. The fourth-order valence-corrected chi connectivity index (χ4v) is 3.22. The number of imidazole rings is 1. The van der Waals surface area contributed by atoms with Gasteiger partial charge in [0.25, 0.3) is 0 Å². The van der Waals surface area contributed by atoms with E-state index >= 15 is 0 Å². The van der Waals surface area contributed by atoms with Crippen LogP contribution in [0.2, 0.25) is 0 Å². The molecule has 26 heavy (non-hydrogen) atoms. The second kappa shape index (κ2) is 6.93. The molecule has 128 valence electrons. The van der Waals surface area contributed by atoms with E-state index < -0.39 is 0 Å². The lowest BCUT2D eigenvalue weighted by molar-refractivity contribution is -0.111. The van der Waals surface area contributed by atoms with E-state index in [1.54, 1.807) is 29.5 Å². The fourth-order valence-electron chi connectivity index (χ4n) is 2.52. The summed E-state index contributed by atoms with van der Waals surface area (Å²) in [6, 6.07) is 13.5. The van der Waals surface area contributed by atoms with Crippen LogP contribution in [0.5, 0.6) is 0 Å². The zero-order valence-electron chi connectivity index (χ0n) is 13.6. The Hall–Kier alpha value is -3.25. The van der Waals surface area contributed by atoms with E-state index in [1.165, 1.54) is 18.2 Å². The minimum absolute atomic E-state index is 0.246. The summed E-state index contributed by atoms with van der Waals surface area (Å²) in [6.45, 7) is 0. The quantitative estimate of drug-likeness (QED) is 0.527. The molecule has 0 fully saturated rings. The molecule has 2 aromatic heterocycles. The number of nitrogens with one attached hydrogen (secondary N) is 1. The van der Waals surface area contributed by atoms with Gasteiger partial charge in [-0.25, -0.2) is 9.37 Å². The summed E-state index contributed by atoms with van der Waals surface area (Å²) < 4.78 is 14.8. The number of rotatable bonds is 4. The van der Waals surface area contributed by atoms with Gasteiger partial charge in [-0.15, -0.1) is 11.3 Å². The number of halogens is 1. The van der Waals surface area contributed by atoms with Crippen LogP contribution >= 0.6 is 11.3 Å². The normalized spacial score (nSPS) is 11.3. The van der Waals surface area contributed by atoms with Gasteiger partial charge < -0.3 is 5.32 Å². The van der Waals surface area contributed by atoms with Gasteiger partial charge in [0.2, 0.25) is 5.91 Å². The lowest BCUT2D eigenvalue weighted by Crippen LogP contribution is -2.07. The van der Waals surface area contributed by atoms with Crippen molar-refractivity contribution in [1.29, 1.82) is 0 Å². The maximum absolute atomic E-state index is 12.9. The second-order valence-electron chi connectivity index (χ2n) is 5.67. The Balaban J connectivity index is 1.42. The van der Waals surface area contributed by atoms with Crippen LogP contribution in [0.25, 0.3) is 22.3 Å². The number of nitrogens with zero attached hydrogens (tertiary/aromatic N) is 2. The molecular weight excluding hydrogens is 349 g/mol. The monoisotopic (exact) mass is 363 g/mol. The highest BCUT2D eigenvalue weighted by Crippen LogP contribution is 2.23. The third kappa shape index (κ3) is 3.55. The van der Waals surface area contributed by atoms with Gasteiger partial charge in [-0.05, 0) is 35.9 Å². The molecule has 0 saturated heterocycles. The number of hydrogen-bond donors (Lipinski definition) is 1. The molecule has 6 heteroatoms. The Morgan fingerprint density at radius 2 is 1.88 bits per heavy atom. The Labute approximate surface area is 153 Å². The molecule has 0 aliphatic rings. The first-order chi connectivity index (χ1) is 12.7. The molecule has 0 bridgehead atoms. The number of carbonyl (C=O) groups excluding carboxylic acids is 1. The number of amides is 1.